The predicted molar refractivity (Wildman–Crippen MR) is 119 cm³/mol. The maximum atomic E-state index is 12.5. The van der Waals surface area contributed by atoms with Crippen molar-refractivity contribution >= 4 is 34.8 Å². The van der Waals surface area contributed by atoms with E-state index >= 15 is 0 Å². The minimum atomic E-state index is -0.757. The van der Waals surface area contributed by atoms with Gasteiger partial charge in [-0.25, -0.2) is 0 Å². The van der Waals surface area contributed by atoms with Crippen molar-refractivity contribution in [3.05, 3.63) is 82.8 Å². The molecule has 0 fully saturated rings. The zero-order valence-electron chi connectivity index (χ0n) is 16.3. The lowest BCUT2D eigenvalue weighted by atomic mass is 10.2. The van der Waals surface area contributed by atoms with Crippen molar-refractivity contribution in [2.24, 2.45) is 0 Å². The lowest BCUT2D eigenvalue weighted by Gasteiger charge is -2.16. The van der Waals surface area contributed by atoms with Crippen LogP contribution in [0.3, 0.4) is 0 Å². The molecule has 156 valence electrons. The van der Waals surface area contributed by atoms with Crippen LogP contribution in [-0.2, 0) is 4.79 Å². The van der Waals surface area contributed by atoms with Crippen molar-refractivity contribution in [1.29, 1.82) is 0 Å². The molecule has 0 aliphatic carbocycles. The molecule has 3 aromatic rings. The van der Waals surface area contributed by atoms with E-state index in [-0.39, 0.29) is 5.91 Å². The Morgan fingerprint density at radius 2 is 1.60 bits per heavy atom. The average Bonchev–Trinajstić information content (AvgIpc) is 2.74. The highest BCUT2D eigenvalue weighted by molar-refractivity contribution is 6.35. The summed E-state index contributed by atoms with van der Waals surface area (Å²) in [5.74, 6) is 1.49. The van der Waals surface area contributed by atoms with E-state index < -0.39 is 6.10 Å². The number of amides is 1. The van der Waals surface area contributed by atoms with Gasteiger partial charge in [0.15, 0.2) is 6.10 Å². The van der Waals surface area contributed by atoms with Crippen molar-refractivity contribution in [2.45, 2.75) is 13.0 Å². The van der Waals surface area contributed by atoms with Gasteiger partial charge in [-0.2, -0.15) is 0 Å². The predicted octanol–water partition coefficient (Wildman–Crippen LogP) is 5.86. The largest absolute Gasteiger partial charge is 0.490 e. The van der Waals surface area contributed by atoms with Crippen molar-refractivity contribution in [3.8, 4) is 17.2 Å². The topological polar surface area (TPSA) is 56.8 Å². The molecule has 0 aromatic heterocycles. The molecule has 7 heteroatoms. The molecule has 0 radical (unpaired) electrons. The second-order valence-electron chi connectivity index (χ2n) is 6.36. The van der Waals surface area contributed by atoms with Crippen molar-refractivity contribution < 1.29 is 19.0 Å². The number of ether oxygens (including phenoxy) is 3. The van der Waals surface area contributed by atoms with Gasteiger partial charge in [-0.15, -0.1) is 0 Å². The Morgan fingerprint density at radius 3 is 2.33 bits per heavy atom. The molecule has 5 nitrogen and oxygen atoms in total. The lowest BCUT2D eigenvalue weighted by molar-refractivity contribution is -0.122. The molecule has 0 saturated carbocycles. The number of halogens is 2. The van der Waals surface area contributed by atoms with E-state index in [1.807, 2.05) is 36.4 Å². The van der Waals surface area contributed by atoms with Gasteiger partial charge in [0.2, 0.25) is 0 Å². The van der Waals surface area contributed by atoms with Gasteiger partial charge in [-0.05, 0) is 49.4 Å². The van der Waals surface area contributed by atoms with Gasteiger partial charge in [-0.3, -0.25) is 4.79 Å². The molecule has 1 atom stereocenters. The molecular weight excluding hydrogens is 425 g/mol. The van der Waals surface area contributed by atoms with Gasteiger partial charge in [0.05, 0.1) is 5.02 Å². The fourth-order valence-corrected chi connectivity index (χ4v) is 3.01. The minimum Gasteiger partial charge on any atom is -0.490 e. The summed E-state index contributed by atoms with van der Waals surface area (Å²) in [7, 11) is 0. The summed E-state index contributed by atoms with van der Waals surface area (Å²) in [6, 6.07) is 21.5. The molecule has 0 bridgehead atoms. The monoisotopic (exact) mass is 445 g/mol. The van der Waals surface area contributed by atoms with Gasteiger partial charge in [0.25, 0.3) is 5.91 Å². The van der Waals surface area contributed by atoms with Crippen molar-refractivity contribution in [2.75, 3.05) is 18.5 Å². The number of hydrogen-bond acceptors (Lipinski definition) is 4. The third-order valence-electron chi connectivity index (χ3n) is 4.03. The van der Waals surface area contributed by atoms with Crippen LogP contribution in [0.5, 0.6) is 17.2 Å². The lowest BCUT2D eigenvalue weighted by Crippen LogP contribution is -2.30. The summed E-state index contributed by atoms with van der Waals surface area (Å²) >= 11 is 12.0. The van der Waals surface area contributed by atoms with Crippen LogP contribution in [0.15, 0.2) is 72.8 Å². The van der Waals surface area contributed by atoms with Crippen LogP contribution < -0.4 is 19.5 Å². The summed E-state index contributed by atoms with van der Waals surface area (Å²) in [5, 5.41) is 3.64. The highest BCUT2D eigenvalue weighted by atomic mass is 35.5. The summed E-state index contributed by atoms with van der Waals surface area (Å²) in [6.07, 6.45) is -0.757. The fourth-order valence-electron chi connectivity index (χ4n) is 2.56. The molecule has 0 spiro atoms. The number of hydrogen-bond donors (Lipinski definition) is 1. The normalized spacial score (nSPS) is 11.4. The Labute approximate surface area is 185 Å². The first-order valence-corrected chi connectivity index (χ1v) is 10.1. The third kappa shape index (κ3) is 6.58. The van der Waals surface area contributed by atoms with Crippen LogP contribution in [0.25, 0.3) is 0 Å². The number of benzene rings is 3. The summed E-state index contributed by atoms with van der Waals surface area (Å²) in [4.78, 5) is 12.5. The molecule has 0 aliphatic rings. The number of nitrogens with one attached hydrogen (secondary N) is 1. The summed E-state index contributed by atoms with van der Waals surface area (Å²) < 4.78 is 16.9. The maximum Gasteiger partial charge on any atom is 0.265 e. The second kappa shape index (κ2) is 10.8. The Balaban J connectivity index is 1.49. The van der Waals surface area contributed by atoms with E-state index in [1.165, 1.54) is 0 Å². The van der Waals surface area contributed by atoms with Crippen LogP contribution >= 0.6 is 23.2 Å². The zero-order chi connectivity index (χ0) is 21.3. The molecule has 30 heavy (non-hydrogen) atoms. The molecule has 1 N–H and O–H groups in total. The highest BCUT2D eigenvalue weighted by Gasteiger charge is 2.16. The molecule has 3 rings (SSSR count). The maximum absolute atomic E-state index is 12.5. The molecule has 0 saturated heterocycles. The SMILES string of the molecule is CC(Oc1ccc(Cl)cc1Cl)C(=O)Nc1cccc(OCCOc2ccccc2)c1. The summed E-state index contributed by atoms with van der Waals surface area (Å²) in [5.41, 5.74) is 0.596. The van der Waals surface area contributed by atoms with Crippen molar-refractivity contribution in [1.82, 2.24) is 0 Å². The Hall–Kier alpha value is -2.89. The second-order valence-corrected chi connectivity index (χ2v) is 7.21. The van der Waals surface area contributed by atoms with Crippen LogP contribution in [0, 0.1) is 0 Å². The number of anilines is 1. The van der Waals surface area contributed by atoms with Gasteiger partial charge < -0.3 is 19.5 Å². The standard InChI is InChI=1S/C23H21Cl2NO4/c1-16(30-22-11-10-17(24)14-21(22)25)23(27)26-18-6-5-9-20(15-18)29-13-12-28-19-7-3-2-4-8-19/h2-11,14-16H,12-13H2,1H3,(H,26,27). The molecule has 0 aliphatic heterocycles. The van der Waals surface area contributed by atoms with E-state index in [4.69, 9.17) is 37.4 Å². The van der Waals surface area contributed by atoms with Gasteiger partial charge in [-0.1, -0.05) is 47.5 Å². The Morgan fingerprint density at radius 1 is 0.900 bits per heavy atom. The third-order valence-corrected chi connectivity index (χ3v) is 4.56. The highest BCUT2D eigenvalue weighted by Crippen LogP contribution is 2.28. The minimum absolute atomic E-state index is 0.314. The number of carbonyl (C=O) groups is 1. The average molecular weight is 446 g/mol. The number of para-hydroxylation sites is 1. The van der Waals surface area contributed by atoms with E-state index in [2.05, 4.69) is 5.32 Å². The van der Waals surface area contributed by atoms with Gasteiger partial charge in [0.1, 0.15) is 30.5 Å². The first kappa shape index (κ1) is 21.8. The molecule has 1 unspecified atom stereocenters. The van der Waals surface area contributed by atoms with E-state index in [0.717, 1.165) is 5.75 Å². The van der Waals surface area contributed by atoms with E-state index in [9.17, 15) is 4.79 Å². The zero-order valence-corrected chi connectivity index (χ0v) is 17.8. The van der Waals surface area contributed by atoms with E-state index in [1.54, 1.807) is 43.3 Å². The van der Waals surface area contributed by atoms with Crippen LogP contribution in [0.4, 0.5) is 5.69 Å². The molecule has 3 aromatic carbocycles. The fraction of sp³-hybridized carbons (Fsp3) is 0.174. The summed E-state index contributed by atoms with van der Waals surface area (Å²) in [6.45, 7) is 2.43. The molecule has 1 amide bonds. The van der Waals surface area contributed by atoms with Gasteiger partial charge in [0, 0.05) is 16.8 Å². The smallest absolute Gasteiger partial charge is 0.265 e. The quantitative estimate of drug-likeness (QED) is 0.419. The Kier molecular flexibility index (Phi) is 7.82. The van der Waals surface area contributed by atoms with Crippen molar-refractivity contribution in [3.63, 3.8) is 0 Å². The van der Waals surface area contributed by atoms with Crippen LogP contribution in [-0.4, -0.2) is 25.2 Å². The molecule has 0 heterocycles. The number of rotatable bonds is 9. The first-order valence-electron chi connectivity index (χ1n) is 9.34. The molecular formula is C23H21Cl2NO4. The number of carbonyl (C=O) groups excluding carboxylic acids is 1. The van der Waals surface area contributed by atoms with Gasteiger partial charge >= 0.3 is 0 Å². The van der Waals surface area contributed by atoms with Crippen LogP contribution in [0.2, 0.25) is 10.0 Å². The van der Waals surface area contributed by atoms with Crippen LogP contribution in [0.1, 0.15) is 6.92 Å². The van der Waals surface area contributed by atoms with E-state index in [0.29, 0.717) is 40.4 Å². The Bertz CT molecular complexity index is 982. The first-order chi connectivity index (χ1) is 14.5.